The van der Waals surface area contributed by atoms with Crippen molar-refractivity contribution in [2.24, 2.45) is 0 Å². The van der Waals surface area contributed by atoms with E-state index in [1.165, 1.54) is 82.4 Å². The van der Waals surface area contributed by atoms with Crippen LogP contribution in [0.5, 0.6) is 0 Å². The molecule has 1 heteroatoms. The molecule has 1 N–H and O–H groups in total. The van der Waals surface area contributed by atoms with Gasteiger partial charge in [0.25, 0.3) is 0 Å². The van der Waals surface area contributed by atoms with Crippen molar-refractivity contribution in [1.29, 1.82) is 0 Å². The maximum absolute atomic E-state index is 3.68. The fourth-order valence-corrected chi connectivity index (χ4v) is 7.63. The summed E-state index contributed by atoms with van der Waals surface area (Å²) in [6.45, 7) is 3.33. The number of hydrogen-bond acceptors (Lipinski definition) is 1. The van der Waals surface area contributed by atoms with Crippen LogP contribution < -0.4 is 5.32 Å². The monoisotopic (exact) mass is 563 g/mol. The van der Waals surface area contributed by atoms with Crippen LogP contribution in [0.25, 0.3) is 60.6 Å². The molecule has 7 aromatic carbocycles. The number of rotatable bonds is 4. The van der Waals surface area contributed by atoms with Crippen LogP contribution in [0.1, 0.15) is 39.8 Å². The lowest BCUT2D eigenvalue weighted by molar-refractivity contribution is 0.831. The van der Waals surface area contributed by atoms with Gasteiger partial charge in [-0.05, 0) is 102 Å². The van der Waals surface area contributed by atoms with Gasteiger partial charge in [0.2, 0.25) is 0 Å². The highest BCUT2D eigenvalue weighted by molar-refractivity contribution is 6.12. The zero-order chi connectivity index (χ0) is 29.2. The van der Waals surface area contributed by atoms with E-state index in [4.69, 9.17) is 0 Å². The third kappa shape index (κ3) is 4.12. The smallest absolute Gasteiger partial charge is 0.0454 e. The third-order valence-electron chi connectivity index (χ3n) is 9.85. The summed E-state index contributed by atoms with van der Waals surface area (Å²) in [7, 11) is 0. The molecule has 210 valence electrons. The summed E-state index contributed by atoms with van der Waals surface area (Å²) >= 11 is 0. The van der Waals surface area contributed by atoms with Crippen LogP contribution in [-0.4, -0.2) is 6.54 Å². The van der Waals surface area contributed by atoms with Crippen LogP contribution in [0.2, 0.25) is 0 Å². The molecule has 2 unspecified atom stereocenters. The molecule has 0 aromatic heterocycles. The molecular formula is C43H33N. The van der Waals surface area contributed by atoms with E-state index in [1.807, 2.05) is 0 Å². The zero-order valence-corrected chi connectivity index (χ0v) is 24.8. The fraction of sp³-hybridized carbons (Fsp3) is 0.116. The molecule has 0 saturated carbocycles. The van der Waals surface area contributed by atoms with E-state index in [0.29, 0.717) is 12.0 Å². The molecule has 0 radical (unpaired) electrons. The summed E-state index contributed by atoms with van der Waals surface area (Å²) in [6, 6.07) is 47.8. The van der Waals surface area contributed by atoms with Crippen molar-refractivity contribution in [3.8, 4) is 22.3 Å². The Balaban J connectivity index is 1.28. The Bertz CT molecular complexity index is 2280. The molecule has 2 aliphatic rings. The predicted molar refractivity (Wildman–Crippen MR) is 187 cm³/mol. The normalized spacial score (nSPS) is 17.3. The molecule has 44 heavy (non-hydrogen) atoms. The number of aryl methyl sites for hydroxylation is 1. The van der Waals surface area contributed by atoms with Gasteiger partial charge in [-0.25, -0.2) is 0 Å². The molecule has 0 amide bonds. The zero-order valence-electron chi connectivity index (χ0n) is 24.8. The van der Waals surface area contributed by atoms with Crippen molar-refractivity contribution in [2.75, 3.05) is 6.54 Å². The summed E-state index contributed by atoms with van der Waals surface area (Å²) in [5.74, 6) is 0.356. The summed E-state index contributed by atoms with van der Waals surface area (Å²) < 4.78 is 0. The van der Waals surface area contributed by atoms with Crippen molar-refractivity contribution in [2.45, 2.75) is 25.3 Å². The minimum Gasteiger partial charge on any atom is -0.307 e. The Hall–Kier alpha value is -4.98. The molecular weight excluding hydrogens is 530 g/mol. The van der Waals surface area contributed by atoms with Crippen molar-refractivity contribution in [1.82, 2.24) is 5.32 Å². The molecule has 1 heterocycles. The second kappa shape index (κ2) is 10.0. The van der Waals surface area contributed by atoms with Gasteiger partial charge in [0.05, 0.1) is 0 Å². The van der Waals surface area contributed by atoms with Gasteiger partial charge in [0, 0.05) is 18.5 Å². The first-order valence-electron chi connectivity index (χ1n) is 15.8. The second-order valence-corrected chi connectivity index (χ2v) is 12.5. The van der Waals surface area contributed by atoms with Crippen molar-refractivity contribution < 1.29 is 0 Å². The minimum atomic E-state index is 0.356. The number of fused-ring (bicyclic) bond motifs is 4. The number of hydrogen-bond donors (Lipinski definition) is 1. The van der Waals surface area contributed by atoms with Gasteiger partial charge in [-0.3, -0.25) is 0 Å². The van der Waals surface area contributed by atoms with E-state index < -0.39 is 0 Å². The number of nitrogens with one attached hydrogen (secondary N) is 1. The molecule has 1 aliphatic carbocycles. The molecule has 2 atom stereocenters. The lowest BCUT2D eigenvalue weighted by Gasteiger charge is -2.25. The summed E-state index contributed by atoms with van der Waals surface area (Å²) in [5, 5.41) is 11.6. The van der Waals surface area contributed by atoms with Crippen LogP contribution >= 0.6 is 0 Å². The molecule has 9 rings (SSSR count). The van der Waals surface area contributed by atoms with Crippen LogP contribution in [-0.2, 0) is 6.42 Å². The second-order valence-electron chi connectivity index (χ2n) is 12.5. The Labute approximate surface area is 258 Å². The quantitative estimate of drug-likeness (QED) is 0.211. The van der Waals surface area contributed by atoms with Crippen LogP contribution in [0.15, 0.2) is 133 Å². The molecule has 7 aromatic rings. The van der Waals surface area contributed by atoms with Crippen molar-refractivity contribution in [3.05, 3.63) is 161 Å². The van der Waals surface area contributed by atoms with Gasteiger partial charge in [-0.2, -0.15) is 0 Å². The third-order valence-corrected chi connectivity index (χ3v) is 9.85. The lowest BCUT2D eigenvalue weighted by atomic mass is 9.78. The molecule has 1 fully saturated rings. The average Bonchev–Trinajstić information content (AvgIpc) is 3.93. The van der Waals surface area contributed by atoms with Crippen LogP contribution in [0.4, 0.5) is 0 Å². The minimum absolute atomic E-state index is 0.356. The Morgan fingerprint density at radius 3 is 2.09 bits per heavy atom. The van der Waals surface area contributed by atoms with Crippen molar-refractivity contribution >= 4 is 38.4 Å². The summed E-state index contributed by atoms with van der Waals surface area (Å²) in [6.07, 6.45) is 5.78. The first kappa shape index (κ1) is 25.5. The highest BCUT2D eigenvalue weighted by atomic mass is 15.1. The largest absolute Gasteiger partial charge is 0.307 e. The van der Waals surface area contributed by atoms with E-state index in [-0.39, 0.29) is 0 Å². The van der Waals surface area contributed by atoms with Gasteiger partial charge >= 0.3 is 0 Å². The van der Waals surface area contributed by atoms with E-state index in [1.54, 1.807) is 0 Å². The lowest BCUT2D eigenvalue weighted by Crippen LogP contribution is -2.08. The first-order valence-corrected chi connectivity index (χ1v) is 15.8. The topological polar surface area (TPSA) is 21.9 Å². The molecule has 1 nitrogen and oxygen atoms in total. The van der Waals surface area contributed by atoms with Gasteiger partial charge in [0.15, 0.2) is 0 Å². The maximum atomic E-state index is 3.68. The van der Waals surface area contributed by atoms with Gasteiger partial charge in [0.1, 0.15) is 0 Å². The number of benzene rings is 7. The highest BCUT2D eigenvalue weighted by Gasteiger charge is 2.30. The Kier molecular flexibility index (Phi) is 5.82. The predicted octanol–water partition coefficient (Wildman–Crippen LogP) is 10.8. The van der Waals surface area contributed by atoms with Crippen LogP contribution in [0, 0.1) is 6.92 Å². The van der Waals surface area contributed by atoms with E-state index in [0.717, 1.165) is 13.0 Å². The SMILES string of the molecule is Cc1cc(-c2ccc3ccccc3c2)c2ccccc2c1-c1c(C2CN2)cc(C2C=Cc3ccccc3C2)c2ccccc12. The standard InChI is InChI=1S/C43H33N/c1-27-22-38(32-20-18-28-10-2-4-12-30(28)23-32)34-14-6-8-16-36(34)42(27)43-37-17-9-7-15-35(37)39(25-40(43)41-26-44-41)33-21-19-29-11-3-5-13-31(29)24-33/h2-23,25,33,41,44H,24,26H2,1H3. The van der Waals surface area contributed by atoms with E-state index >= 15 is 0 Å². The summed E-state index contributed by atoms with van der Waals surface area (Å²) in [4.78, 5) is 0. The van der Waals surface area contributed by atoms with Gasteiger partial charge in [-0.1, -0.05) is 133 Å². The Morgan fingerprint density at radius 1 is 0.591 bits per heavy atom. The van der Waals surface area contributed by atoms with Gasteiger partial charge in [-0.15, -0.1) is 0 Å². The van der Waals surface area contributed by atoms with Gasteiger partial charge < -0.3 is 5.32 Å². The Morgan fingerprint density at radius 2 is 1.27 bits per heavy atom. The molecule has 1 saturated heterocycles. The molecule has 0 spiro atoms. The highest BCUT2D eigenvalue weighted by Crippen LogP contribution is 2.47. The molecule has 1 aliphatic heterocycles. The van der Waals surface area contributed by atoms with E-state index in [2.05, 4.69) is 152 Å². The first-order chi connectivity index (χ1) is 21.7. The number of allylic oxidation sites excluding steroid dienone is 1. The fourth-order valence-electron chi connectivity index (χ4n) is 7.63. The summed E-state index contributed by atoms with van der Waals surface area (Å²) in [5.41, 5.74) is 12.3. The average molecular weight is 564 g/mol. The maximum Gasteiger partial charge on any atom is 0.0454 e. The van der Waals surface area contributed by atoms with E-state index in [9.17, 15) is 0 Å². The molecule has 0 bridgehead atoms. The van der Waals surface area contributed by atoms with Crippen LogP contribution in [0.3, 0.4) is 0 Å². The van der Waals surface area contributed by atoms with Crippen molar-refractivity contribution in [3.63, 3.8) is 0 Å².